The Hall–Kier alpha value is -2.00. The second-order valence-corrected chi connectivity index (χ2v) is 3.09. The van der Waals surface area contributed by atoms with Gasteiger partial charge >= 0.3 is 0 Å². The fourth-order valence-corrected chi connectivity index (χ4v) is 1.21. The lowest BCUT2D eigenvalue weighted by Gasteiger charge is -2.12. The monoisotopic (exact) mass is 204 g/mol. The number of carbonyl (C=O) groups excluding carboxylic acids is 1. The SMILES string of the molecule is C[C@@H](NC(=O)CN=[N+]=[N-])c1ccccc1. The summed E-state index contributed by atoms with van der Waals surface area (Å²) >= 11 is 0. The third-order valence-electron chi connectivity index (χ3n) is 1.95. The first-order chi connectivity index (χ1) is 7.24. The highest BCUT2D eigenvalue weighted by Crippen LogP contribution is 2.10. The fourth-order valence-electron chi connectivity index (χ4n) is 1.21. The molecule has 5 heteroatoms. The van der Waals surface area contributed by atoms with Crippen molar-refractivity contribution in [1.82, 2.24) is 5.32 Å². The topological polar surface area (TPSA) is 77.9 Å². The molecule has 1 N–H and O–H groups in total. The lowest BCUT2D eigenvalue weighted by Crippen LogP contribution is -2.28. The van der Waals surface area contributed by atoms with Crippen LogP contribution in [0.25, 0.3) is 10.4 Å². The van der Waals surface area contributed by atoms with Crippen molar-refractivity contribution >= 4 is 5.91 Å². The third-order valence-corrected chi connectivity index (χ3v) is 1.95. The zero-order valence-electron chi connectivity index (χ0n) is 8.42. The summed E-state index contributed by atoms with van der Waals surface area (Å²) in [7, 11) is 0. The van der Waals surface area contributed by atoms with Crippen LogP contribution in [-0.4, -0.2) is 12.5 Å². The maximum Gasteiger partial charge on any atom is 0.226 e. The van der Waals surface area contributed by atoms with Crippen molar-refractivity contribution in [1.29, 1.82) is 0 Å². The van der Waals surface area contributed by atoms with Crippen LogP contribution in [0, 0.1) is 0 Å². The summed E-state index contributed by atoms with van der Waals surface area (Å²) in [5.41, 5.74) is 9.06. The predicted octanol–water partition coefficient (Wildman–Crippen LogP) is 2.17. The summed E-state index contributed by atoms with van der Waals surface area (Å²) in [6.45, 7) is 1.72. The Balaban J connectivity index is 2.52. The van der Waals surface area contributed by atoms with E-state index in [1.165, 1.54) is 0 Å². The lowest BCUT2D eigenvalue weighted by molar-refractivity contribution is -0.120. The van der Waals surface area contributed by atoms with Crippen LogP contribution in [-0.2, 0) is 4.79 Å². The normalized spacial score (nSPS) is 11.3. The van der Waals surface area contributed by atoms with E-state index >= 15 is 0 Å². The standard InChI is InChI=1S/C10H12N4O/c1-8(9-5-3-2-4-6-9)13-10(15)7-12-14-11/h2-6,8H,7H2,1H3,(H,13,15)/t8-/m1/s1. The van der Waals surface area contributed by atoms with Gasteiger partial charge in [-0.05, 0) is 18.0 Å². The highest BCUT2D eigenvalue weighted by molar-refractivity contribution is 5.78. The average Bonchev–Trinajstić information content (AvgIpc) is 2.27. The first-order valence-electron chi connectivity index (χ1n) is 4.59. The van der Waals surface area contributed by atoms with E-state index in [0.717, 1.165) is 5.56 Å². The molecule has 1 rings (SSSR count). The molecule has 0 heterocycles. The van der Waals surface area contributed by atoms with Crippen LogP contribution >= 0.6 is 0 Å². The van der Waals surface area contributed by atoms with E-state index in [4.69, 9.17) is 5.53 Å². The highest BCUT2D eigenvalue weighted by Gasteiger charge is 2.07. The van der Waals surface area contributed by atoms with Gasteiger partial charge < -0.3 is 5.32 Å². The van der Waals surface area contributed by atoms with Gasteiger partial charge in [0.25, 0.3) is 0 Å². The number of hydrogen-bond donors (Lipinski definition) is 1. The second-order valence-electron chi connectivity index (χ2n) is 3.09. The largest absolute Gasteiger partial charge is 0.349 e. The van der Waals surface area contributed by atoms with E-state index in [9.17, 15) is 4.79 Å². The molecule has 5 nitrogen and oxygen atoms in total. The van der Waals surface area contributed by atoms with Gasteiger partial charge in [0.2, 0.25) is 5.91 Å². The molecule has 0 aliphatic rings. The molecule has 78 valence electrons. The number of nitrogens with zero attached hydrogens (tertiary/aromatic N) is 3. The van der Waals surface area contributed by atoms with Crippen LogP contribution in [0.3, 0.4) is 0 Å². The van der Waals surface area contributed by atoms with Crippen LogP contribution in [0.15, 0.2) is 35.4 Å². The summed E-state index contributed by atoms with van der Waals surface area (Å²) in [4.78, 5) is 13.7. The highest BCUT2D eigenvalue weighted by atomic mass is 16.1. The molecule has 0 saturated carbocycles. The Morgan fingerprint density at radius 3 is 2.80 bits per heavy atom. The van der Waals surface area contributed by atoms with Crippen molar-refractivity contribution in [2.45, 2.75) is 13.0 Å². The third kappa shape index (κ3) is 3.70. The van der Waals surface area contributed by atoms with Crippen LogP contribution in [0.2, 0.25) is 0 Å². The molecule has 0 aromatic heterocycles. The quantitative estimate of drug-likeness (QED) is 0.455. The van der Waals surface area contributed by atoms with Crippen molar-refractivity contribution in [2.24, 2.45) is 5.11 Å². The first-order valence-corrected chi connectivity index (χ1v) is 4.59. The Kier molecular flexibility index (Phi) is 4.19. The van der Waals surface area contributed by atoms with E-state index in [-0.39, 0.29) is 18.5 Å². The van der Waals surface area contributed by atoms with Crippen molar-refractivity contribution in [3.05, 3.63) is 46.3 Å². The molecule has 0 saturated heterocycles. The van der Waals surface area contributed by atoms with Gasteiger partial charge in [-0.1, -0.05) is 35.4 Å². The first kappa shape index (κ1) is 11.1. The van der Waals surface area contributed by atoms with E-state index in [0.29, 0.717) is 0 Å². The Labute approximate surface area is 87.7 Å². The van der Waals surface area contributed by atoms with Crippen LogP contribution in [0.1, 0.15) is 18.5 Å². The number of carbonyl (C=O) groups is 1. The number of benzene rings is 1. The average molecular weight is 204 g/mol. The van der Waals surface area contributed by atoms with Gasteiger partial charge in [-0.3, -0.25) is 4.79 Å². The summed E-state index contributed by atoms with van der Waals surface area (Å²) < 4.78 is 0. The zero-order chi connectivity index (χ0) is 11.1. The second kappa shape index (κ2) is 5.67. The van der Waals surface area contributed by atoms with Gasteiger partial charge in [-0.25, -0.2) is 0 Å². The molecule has 1 aromatic rings. The number of amides is 1. The van der Waals surface area contributed by atoms with Crippen molar-refractivity contribution in [2.75, 3.05) is 6.54 Å². The molecule has 0 aliphatic heterocycles. The Morgan fingerprint density at radius 2 is 2.20 bits per heavy atom. The predicted molar refractivity (Wildman–Crippen MR) is 57.0 cm³/mol. The van der Waals surface area contributed by atoms with E-state index in [2.05, 4.69) is 15.3 Å². The van der Waals surface area contributed by atoms with Gasteiger partial charge in [-0.15, -0.1) is 0 Å². The van der Waals surface area contributed by atoms with Crippen molar-refractivity contribution in [3.63, 3.8) is 0 Å². The van der Waals surface area contributed by atoms with Crippen LogP contribution in [0.5, 0.6) is 0 Å². The molecule has 0 spiro atoms. The van der Waals surface area contributed by atoms with E-state index in [1.807, 2.05) is 37.3 Å². The van der Waals surface area contributed by atoms with Gasteiger partial charge in [0.05, 0.1) is 6.04 Å². The Bertz CT molecular complexity index is 370. The van der Waals surface area contributed by atoms with Gasteiger partial charge in [0.15, 0.2) is 0 Å². The summed E-state index contributed by atoms with van der Waals surface area (Å²) in [5.74, 6) is -0.274. The molecule has 15 heavy (non-hydrogen) atoms. The minimum absolute atomic E-state index is 0.0763. The smallest absolute Gasteiger partial charge is 0.226 e. The maximum absolute atomic E-state index is 11.2. The number of hydrogen-bond acceptors (Lipinski definition) is 2. The molecule has 1 amide bonds. The summed E-state index contributed by atoms with van der Waals surface area (Å²) in [5, 5.41) is 5.91. The molecule has 0 unspecified atom stereocenters. The molecular formula is C10H12N4O. The zero-order valence-corrected chi connectivity index (χ0v) is 8.42. The maximum atomic E-state index is 11.2. The van der Waals surface area contributed by atoms with Gasteiger partial charge in [0.1, 0.15) is 6.54 Å². The minimum atomic E-state index is -0.274. The van der Waals surface area contributed by atoms with E-state index in [1.54, 1.807) is 0 Å². The fraction of sp³-hybridized carbons (Fsp3) is 0.300. The Morgan fingerprint density at radius 1 is 1.53 bits per heavy atom. The molecular weight excluding hydrogens is 192 g/mol. The van der Waals surface area contributed by atoms with Crippen LogP contribution < -0.4 is 5.32 Å². The minimum Gasteiger partial charge on any atom is -0.349 e. The molecule has 0 radical (unpaired) electrons. The molecule has 0 aliphatic carbocycles. The van der Waals surface area contributed by atoms with Gasteiger partial charge in [0, 0.05) is 4.91 Å². The molecule has 1 aromatic carbocycles. The summed E-state index contributed by atoms with van der Waals surface area (Å²) in [6, 6.07) is 9.51. The van der Waals surface area contributed by atoms with Crippen molar-refractivity contribution < 1.29 is 4.79 Å². The van der Waals surface area contributed by atoms with Crippen molar-refractivity contribution in [3.8, 4) is 0 Å². The van der Waals surface area contributed by atoms with E-state index < -0.39 is 0 Å². The van der Waals surface area contributed by atoms with Crippen LogP contribution in [0.4, 0.5) is 0 Å². The number of azide groups is 1. The molecule has 0 fully saturated rings. The number of rotatable bonds is 4. The molecule has 0 bridgehead atoms. The van der Waals surface area contributed by atoms with Gasteiger partial charge in [-0.2, -0.15) is 0 Å². The number of nitrogens with one attached hydrogen (secondary N) is 1. The lowest BCUT2D eigenvalue weighted by atomic mass is 10.1. The molecule has 1 atom stereocenters. The summed E-state index contributed by atoms with van der Waals surface area (Å²) in [6.07, 6.45) is 0.